The second-order valence-corrected chi connectivity index (χ2v) is 9.08. The molecule has 7 nitrogen and oxygen atoms in total. The first kappa shape index (κ1) is 20.3. The molecular weight excluding hydrogens is 396 g/mol. The van der Waals surface area contributed by atoms with Crippen LogP contribution in [-0.2, 0) is 14.4 Å². The van der Waals surface area contributed by atoms with Gasteiger partial charge >= 0.3 is 0 Å². The van der Waals surface area contributed by atoms with Gasteiger partial charge in [0.25, 0.3) is 0 Å². The molecule has 1 aromatic carbocycles. The molecule has 0 spiro atoms. The third-order valence-corrected chi connectivity index (χ3v) is 7.21. The fourth-order valence-corrected chi connectivity index (χ4v) is 5.60. The predicted octanol–water partition coefficient (Wildman–Crippen LogP) is 3.08. The molecule has 1 aromatic rings. The summed E-state index contributed by atoms with van der Waals surface area (Å²) in [5.41, 5.74) is 1.05. The number of carbonyl (C=O) groups excluding carboxylic acids is 3. The minimum absolute atomic E-state index is 0.00258. The van der Waals surface area contributed by atoms with Crippen LogP contribution in [0.5, 0.6) is 11.5 Å². The maximum absolute atomic E-state index is 13.1. The van der Waals surface area contributed by atoms with E-state index in [0.29, 0.717) is 19.8 Å². The van der Waals surface area contributed by atoms with Crippen molar-refractivity contribution in [2.75, 3.05) is 26.3 Å². The summed E-state index contributed by atoms with van der Waals surface area (Å²) in [5.74, 6) is 1.06. The molecule has 4 aliphatic rings. The van der Waals surface area contributed by atoms with Crippen LogP contribution in [0.15, 0.2) is 18.2 Å². The molecule has 1 aliphatic carbocycles. The molecule has 3 amide bonds. The first-order valence-electron chi connectivity index (χ1n) is 11.7. The van der Waals surface area contributed by atoms with E-state index in [1.165, 1.54) is 4.90 Å². The zero-order chi connectivity index (χ0) is 21.4. The van der Waals surface area contributed by atoms with E-state index in [1.807, 2.05) is 23.1 Å². The first-order valence-corrected chi connectivity index (χ1v) is 11.7. The Kier molecular flexibility index (Phi) is 5.59. The summed E-state index contributed by atoms with van der Waals surface area (Å²) in [4.78, 5) is 41.7. The van der Waals surface area contributed by atoms with Crippen molar-refractivity contribution >= 4 is 17.7 Å². The number of amides is 3. The van der Waals surface area contributed by atoms with Gasteiger partial charge in [0, 0.05) is 25.9 Å². The van der Waals surface area contributed by atoms with Crippen molar-refractivity contribution in [3.8, 4) is 11.5 Å². The van der Waals surface area contributed by atoms with Crippen molar-refractivity contribution in [1.82, 2.24) is 9.80 Å². The first-order chi connectivity index (χ1) is 15.1. The van der Waals surface area contributed by atoms with Crippen molar-refractivity contribution in [2.24, 2.45) is 11.8 Å². The van der Waals surface area contributed by atoms with Crippen LogP contribution in [0, 0.1) is 11.8 Å². The molecule has 166 valence electrons. The quantitative estimate of drug-likeness (QED) is 0.692. The third-order valence-electron chi connectivity index (χ3n) is 7.21. The smallest absolute Gasteiger partial charge is 0.233 e. The number of imide groups is 1. The lowest BCUT2D eigenvalue weighted by Gasteiger charge is -2.26. The van der Waals surface area contributed by atoms with E-state index in [9.17, 15) is 14.4 Å². The molecule has 0 aromatic heterocycles. The highest BCUT2D eigenvalue weighted by atomic mass is 16.5. The Labute approximate surface area is 182 Å². The molecule has 3 aliphatic heterocycles. The van der Waals surface area contributed by atoms with Crippen LogP contribution >= 0.6 is 0 Å². The highest BCUT2D eigenvalue weighted by Crippen LogP contribution is 2.40. The number of hydrogen-bond acceptors (Lipinski definition) is 5. The lowest BCUT2D eigenvalue weighted by molar-refractivity contribution is -0.141. The third kappa shape index (κ3) is 3.79. The number of benzene rings is 1. The fourth-order valence-electron chi connectivity index (χ4n) is 5.60. The summed E-state index contributed by atoms with van der Waals surface area (Å²) in [5, 5.41) is 0. The number of nitrogens with zero attached hydrogens (tertiary/aromatic N) is 2. The Morgan fingerprint density at radius 1 is 0.903 bits per heavy atom. The van der Waals surface area contributed by atoms with Crippen molar-refractivity contribution in [3.63, 3.8) is 0 Å². The average Bonchev–Trinajstić information content (AvgIpc) is 3.28. The maximum Gasteiger partial charge on any atom is 0.233 e. The Morgan fingerprint density at radius 2 is 1.61 bits per heavy atom. The summed E-state index contributed by atoms with van der Waals surface area (Å²) >= 11 is 0. The molecule has 3 fully saturated rings. The van der Waals surface area contributed by atoms with Gasteiger partial charge in [-0.2, -0.15) is 0 Å². The normalized spacial score (nSPS) is 27.9. The molecule has 3 atom stereocenters. The van der Waals surface area contributed by atoms with Crippen molar-refractivity contribution < 1.29 is 23.9 Å². The van der Waals surface area contributed by atoms with Crippen LogP contribution in [-0.4, -0.2) is 53.8 Å². The lowest BCUT2D eigenvalue weighted by atomic mass is 9.81. The van der Waals surface area contributed by atoms with Crippen LogP contribution in [0.3, 0.4) is 0 Å². The van der Waals surface area contributed by atoms with Gasteiger partial charge in [-0.15, -0.1) is 0 Å². The zero-order valence-electron chi connectivity index (χ0n) is 17.9. The molecule has 7 heteroatoms. The second kappa shape index (κ2) is 8.52. The van der Waals surface area contributed by atoms with E-state index < -0.39 is 0 Å². The Bertz CT molecular complexity index is 861. The SMILES string of the molecule is O=C1[C@H]2CCCC[C@H]2C(=O)N1CCC(=O)N1CCC[C@H]1c1ccc2c(c1)OCCCO2. The predicted molar refractivity (Wildman–Crippen MR) is 113 cm³/mol. The monoisotopic (exact) mass is 426 g/mol. The summed E-state index contributed by atoms with van der Waals surface area (Å²) in [7, 11) is 0. The molecule has 0 N–H and O–H groups in total. The number of likely N-dealkylation sites (tertiary alicyclic amines) is 2. The molecule has 3 heterocycles. The highest BCUT2D eigenvalue weighted by molar-refractivity contribution is 6.05. The molecule has 0 unspecified atom stereocenters. The number of ether oxygens (including phenoxy) is 2. The van der Waals surface area contributed by atoms with Gasteiger partial charge in [-0.3, -0.25) is 19.3 Å². The van der Waals surface area contributed by atoms with Gasteiger partial charge in [0.2, 0.25) is 17.7 Å². The van der Waals surface area contributed by atoms with Gasteiger partial charge in [0.1, 0.15) is 0 Å². The minimum atomic E-state index is -0.155. The molecule has 31 heavy (non-hydrogen) atoms. The second-order valence-electron chi connectivity index (χ2n) is 9.08. The van der Waals surface area contributed by atoms with E-state index in [4.69, 9.17) is 9.47 Å². The average molecular weight is 427 g/mol. The van der Waals surface area contributed by atoms with Crippen molar-refractivity contribution in [1.29, 1.82) is 0 Å². The standard InChI is InChI=1S/C24H30N2O5/c27-22(10-12-26-23(28)17-5-1-2-6-18(17)24(26)29)25-11-3-7-19(25)16-8-9-20-21(15-16)31-14-4-13-30-20/h8-9,15,17-19H,1-7,10-14H2/t17-,18+,19-/m0/s1. The van der Waals surface area contributed by atoms with Gasteiger partial charge in [-0.05, 0) is 43.4 Å². The van der Waals surface area contributed by atoms with Crippen molar-refractivity contribution in [2.45, 2.75) is 57.4 Å². The van der Waals surface area contributed by atoms with Gasteiger partial charge in [-0.25, -0.2) is 0 Å². The summed E-state index contributed by atoms with van der Waals surface area (Å²) in [6.07, 6.45) is 6.52. The van der Waals surface area contributed by atoms with E-state index in [1.54, 1.807) is 0 Å². The zero-order valence-corrected chi connectivity index (χ0v) is 17.9. The Hall–Kier alpha value is -2.57. The number of rotatable bonds is 4. The maximum atomic E-state index is 13.1. The highest BCUT2D eigenvalue weighted by Gasteiger charge is 2.48. The van der Waals surface area contributed by atoms with Gasteiger partial charge < -0.3 is 14.4 Å². The van der Waals surface area contributed by atoms with E-state index >= 15 is 0 Å². The fraction of sp³-hybridized carbons (Fsp3) is 0.625. The molecular formula is C24H30N2O5. The van der Waals surface area contributed by atoms with Gasteiger partial charge in [0.15, 0.2) is 11.5 Å². The van der Waals surface area contributed by atoms with E-state index in [2.05, 4.69) is 0 Å². The van der Waals surface area contributed by atoms with Crippen molar-refractivity contribution in [3.05, 3.63) is 23.8 Å². The molecule has 0 bridgehead atoms. The van der Waals surface area contributed by atoms with Crippen LogP contribution in [0.4, 0.5) is 0 Å². The number of hydrogen-bond donors (Lipinski definition) is 0. The summed E-state index contributed by atoms with van der Waals surface area (Å²) < 4.78 is 11.5. The lowest BCUT2D eigenvalue weighted by Crippen LogP contribution is -2.37. The number of carbonyl (C=O) groups is 3. The summed E-state index contributed by atoms with van der Waals surface area (Å²) in [6, 6.07) is 5.94. The summed E-state index contributed by atoms with van der Waals surface area (Å²) in [6.45, 7) is 2.18. The molecule has 0 radical (unpaired) electrons. The van der Waals surface area contributed by atoms with Gasteiger partial charge in [0.05, 0.1) is 31.1 Å². The Balaban J connectivity index is 1.25. The van der Waals surface area contributed by atoms with Crippen LogP contribution in [0.2, 0.25) is 0 Å². The molecule has 1 saturated carbocycles. The van der Waals surface area contributed by atoms with E-state index in [-0.39, 0.29) is 48.6 Å². The van der Waals surface area contributed by atoms with Gasteiger partial charge in [-0.1, -0.05) is 18.9 Å². The van der Waals surface area contributed by atoms with E-state index in [0.717, 1.165) is 62.0 Å². The van der Waals surface area contributed by atoms with Crippen LogP contribution in [0.25, 0.3) is 0 Å². The number of fused-ring (bicyclic) bond motifs is 2. The largest absolute Gasteiger partial charge is 0.490 e. The van der Waals surface area contributed by atoms with Crippen LogP contribution < -0.4 is 9.47 Å². The topological polar surface area (TPSA) is 76.2 Å². The minimum Gasteiger partial charge on any atom is -0.490 e. The Morgan fingerprint density at radius 3 is 2.35 bits per heavy atom. The van der Waals surface area contributed by atoms with Crippen LogP contribution in [0.1, 0.15) is 63.0 Å². The molecule has 5 rings (SSSR count). The molecule has 2 saturated heterocycles.